The average molecular weight is 192 g/mol. The molecule has 76 valence electrons. The van der Waals surface area contributed by atoms with Gasteiger partial charge in [-0.15, -0.1) is 0 Å². The minimum Gasteiger partial charge on any atom is -0.294 e. The molecule has 3 heteroatoms. The van der Waals surface area contributed by atoms with E-state index >= 15 is 0 Å². The highest BCUT2D eigenvalue weighted by atomic mass is 16.1. The minimum atomic E-state index is 0.147. The molecule has 3 nitrogen and oxygen atoms in total. The van der Waals surface area contributed by atoms with Crippen molar-refractivity contribution in [1.82, 2.24) is 9.78 Å². The summed E-state index contributed by atoms with van der Waals surface area (Å²) in [5, 5.41) is 4.48. The van der Waals surface area contributed by atoms with E-state index in [1.807, 2.05) is 10.9 Å². The highest BCUT2D eigenvalue weighted by Crippen LogP contribution is 2.40. The van der Waals surface area contributed by atoms with Gasteiger partial charge in [-0.2, -0.15) is 5.10 Å². The van der Waals surface area contributed by atoms with Crippen LogP contribution in [0.15, 0.2) is 6.20 Å². The Bertz CT molecular complexity index is 350. The fraction of sp³-hybridized carbons (Fsp3) is 0.636. The summed E-state index contributed by atoms with van der Waals surface area (Å²) in [6.07, 6.45) is 5.36. The zero-order valence-electron chi connectivity index (χ0n) is 8.79. The van der Waals surface area contributed by atoms with Crippen LogP contribution in [0.5, 0.6) is 0 Å². The van der Waals surface area contributed by atoms with Gasteiger partial charge in [0.2, 0.25) is 0 Å². The Morgan fingerprint density at radius 2 is 2.36 bits per heavy atom. The predicted octanol–water partition coefficient (Wildman–Crippen LogP) is 2.37. The van der Waals surface area contributed by atoms with Crippen LogP contribution >= 0.6 is 0 Å². The second-order valence-corrected chi connectivity index (χ2v) is 4.02. The van der Waals surface area contributed by atoms with Crippen LogP contribution in [0.2, 0.25) is 0 Å². The number of aromatic nitrogens is 2. The third kappa shape index (κ3) is 1.72. The van der Waals surface area contributed by atoms with Crippen molar-refractivity contribution in [1.29, 1.82) is 0 Å². The molecule has 0 spiro atoms. The summed E-state index contributed by atoms with van der Waals surface area (Å²) in [4.78, 5) is 11.4. The highest BCUT2D eigenvalue weighted by molar-refractivity contribution is 5.95. The normalized spacial score (nSPS) is 15.9. The topological polar surface area (TPSA) is 34.9 Å². The molecule has 1 aliphatic carbocycles. The first kappa shape index (κ1) is 9.44. The number of hydrogen-bond donors (Lipinski definition) is 0. The van der Waals surface area contributed by atoms with Crippen molar-refractivity contribution in [2.24, 2.45) is 0 Å². The van der Waals surface area contributed by atoms with E-state index in [9.17, 15) is 4.79 Å². The fourth-order valence-corrected chi connectivity index (χ4v) is 1.71. The molecule has 0 aromatic carbocycles. The first-order valence-corrected chi connectivity index (χ1v) is 5.30. The van der Waals surface area contributed by atoms with Crippen LogP contribution in [0.1, 0.15) is 55.1 Å². The molecule has 0 amide bonds. The smallest absolute Gasteiger partial charge is 0.163 e. The van der Waals surface area contributed by atoms with E-state index in [1.165, 1.54) is 12.8 Å². The van der Waals surface area contributed by atoms with Crippen LogP contribution in [0, 0.1) is 0 Å². The molecule has 0 aliphatic heterocycles. The molecule has 0 unspecified atom stereocenters. The number of hydrogen-bond acceptors (Lipinski definition) is 2. The fourth-order valence-electron chi connectivity index (χ4n) is 1.71. The van der Waals surface area contributed by atoms with Gasteiger partial charge in [-0.25, -0.2) is 0 Å². The van der Waals surface area contributed by atoms with Gasteiger partial charge < -0.3 is 0 Å². The molecule has 1 heterocycles. The number of rotatable bonds is 4. The van der Waals surface area contributed by atoms with Crippen LogP contribution in [-0.4, -0.2) is 15.6 Å². The third-order valence-corrected chi connectivity index (χ3v) is 2.59. The first-order chi connectivity index (χ1) is 6.72. The maximum atomic E-state index is 11.4. The largest absolute Gasteiger partial charge is 0.294 e. The summed E-state index contributed by atoms with van der Waals surface area (Å²) in [6, 6.07) is 0. The molecule has 0 saturated heterocycles. The second kappa shape index (κ2) is 3.56. The number of Topliss-reactive ketones (excluding diaryl/α,β-unsaturated/α-hetero) is 1. The molecule has 0 bridgehead atoms. The zero-order valence-corrected chi connectivity index (χ0v) is 8.79. The van der Waals surface area contributed by atoms with E-state index < -0.39 is 0 Å². The number of nitrogens with zero attached hydrogens (tertiary/aromatic N) is 2. The van der Waals surface area contributed by atoms with Crippen molar-refractivity contribution in [3.8, 4) is 0 Å². The molecule has 1 aromatic heterocycles. The summed E-state index contributed by atoms with van der Waals surface area (Å²) < 4.78 is 1.91. The van der Waals surface area contributed by atoms with Crippen LogP contribution in [-0.2, 0) is 6.54 Å². The molecule has 14 heavy (non-hydrogen) atoms. The van der Waals surface area contributed by atoms with Gasteiger partial charge in [0.15, 0.2) is 5.78 Å². The van der Waals surface area contributed by atoms with Gasteiger partial charge in [0.05, 0.1) is 11.3 Å². The summed E-state index contributed by atoms with van der Waals surface area (Å²) in [5.74, 6) is 0.709. The Morgan fingerprint density at radius 3 is 2.86 bits per heavy atom. The molecule has 0 N–H and O–H groups in total. The second-order valence-electron chi connectivity index (χ2n) is 4.02. The Hall–Kier alpha value is -1.12. The maximum Gasteiger partial charge on any atom is 0.163 e. The summed E-state index contributed by atoms with van der Waals surface area (Å²) in [7, 11) is 0. The SMILES string of the molecule is CCCn1cc(C(C)=O)c(C2CC2)n1. The van der Waals surface area contributed by atoms with Gasteiger partial charge in [-0.1, -0.05) is 6.92 Å². The van der Waals surface area contributed by atoms with E-state index in [-0.39, 0.29) is 5.78 Å². The lowest BCUT2D eigenvalue weighted by Crippen LogP contribution is -1.97. The lowest BCUT2D eigenvalue weighted by molar-refractivity contribution is 0.101. The molecule has 0 atom stereocenters. The van der Waals surface area contributed by atoms with E-state index in [4.69, 9.17) is 0 Å². The Labute approximate surface area is 84.1 Å². The maximum absolute atomic E-state index is 11.4. The van der Waals surface area contributed by atoms with Gasteiger partial charge in [0, 0.05) is 18.7 Å². The van der Waals surface area contributed by atoms with Crippen molar-refractivity contribution >= 4 is 5.78 Å². The number of aryl methyl sites for hydroxylation is 1. The molecule has 2 rings (SSSR count). The van der Waals surface area contributed by atoms with Crippen molar-refractivity contribution in [2.45, 2.75) is 45.6 Å². The molecular formula is C11H16N2O. The van der Waals surface area contributed by atoms with E-state index in [0.717, 1.165) is 24.2 Å². The minimum absolute atomic E-state index is 0.147. The molecule has 1 fully saturated rings. The molecule has 1 aliphatic rings. The Morgan fingerprint density at radius 1 is 1.64 bits per heavy atom. The van der Waals surface area contributed by atoms with E-state index in [2.05, 4.69) is 12.0 Å². The first-order valence-electron chi connectivity index (χ1n) is 5.30. The van der Waals surface area contributed by atoms with Gasteiger partial charge in [-0.3, -0.25) is 9.48 Å². The summed E-state index contributed by atoms with van der Waals surface area (Å²) in [6.45, 7) is 4.65. The number of carbonyl (C=O) groups is 1. The highest BCUT2D eigenvalue weighted by Gasteiger charge is 2.30. The zero-order chi connectivity index (χ0) is 10.1. The van der Waals surface area contributed by atoms with Gasteiger partial charge in [0.1, 0.15) is 0 Å². The van der Waals surface area contributed by atoms with Crippen LogP contribution < -0.4 is 0 Å². The van der Waals surface area contributed by atoms with Gasteiger partial charge in [0.25, 0.3) is 0 Å². The lowest BCUT2D eigenvalue weighted by atomic mass is 10.1. The third-order valence-electron chi connectivity index (χ3n) is 2.59. The standard InChI is InChI=1S/C11H16N2O/c1-3-6-13-7-10(8(2)14)11(12-13)9-4-5-9/h7,9H,3-6H2,1-2H3. The van der Waals surface area contributed by atoms with Crippen molar-refractivity contribution < 1.29 is 4.79 Å². The van der Waals surface area contributed by atoms with Crippen LogP contribution in [0.3, 0.4) is 0 Å². The van der Waals surface area contributed by atoms with Gasteiger partial charge in [-0.05, 0) is 26.2 Å². The Kier molecular flexibility index (Phi) is 2.40. The number of ketones is 1. The molecule has 1 aromatic rings. The van der Waals surface area contributed by atoms with Crippen LogP contribution in [0.25, 0.3) is 0 Å². The monoisotopic (exact) mass is 192 g/mol. The summed E-state index contributed by atoms with van der Waals surface area (Å²) in [5.41, 5.74) is 1.87. The van der Waals surface area contributed by atoms with Crippen molar-refractivity contribution in [3.63, 3.8) is 0 Å². The van der Waals surface area contributed by atoms with E-state index in [0.29, 0.717) is 5.92 Å². The summed E-state index contributed by atoms with van der Waals surface area (Å²) >= 11 is 0. The molecular weight excluding hydrogens is 176 g/mol. The van der Waals surface area contributed by atoms with Crippen molar-refractivity contribution in [2.75, 3.05) is 0 Å². The quantitative estimate of drug-likeness (QED) is 0.686. The molecule has 1 saturated carbocycles. The Balaban J connectivity index is 2.30. The lowest BCUT2D eigenvalue weighted by Gasteiger charge is -1.95. The van der Waals surface area contributed by atoms with Gasteiger partial charge >= 0.3 is 0 Å². The number of carbonyl (C=O) groups excluding carboxylic acids is 1. The molecule has 0 radical (unpaired) electrons. The predicted molar refractivity (Wildman–Crippen MR) is 54.5 cm³/mol. The van der Waals surface area contributed by atoms with E-state index in [1.54, 1.807) is 6.92 Å². The van der Waals surface area contributed by atoms with Crippen LogP contribution in [0.4, 0.5) is 0 Å². The average Bonchev–Trinajstić information content (AvgIpc) is 2.88. The van der Waals surface area contributed by atoms with Crippen molar-refractivity contribution in [3.05, 3.63) is 17.5 Å².